The normalized spacial score (nSPS) is 10.5. The molecule has 0 saturated carbocycles. The number of pyridine rings is 1. The monoisotopic (exact) mass is 288 g/mol. The SMILES string of the molecule is NC(=O)c1csc(-c2ccc(-c3cscn3)nc2)n1. The Morgan fingerprint density at radius 2 is 2.05 bits per heavy atom. The Kier molecular flexibility index (Phi) is 3.06. The van der Waals surface area contributed by atoms with Gasteiger partial charge in [-0.1, -0.05) is 0 Å². The lowest BCUT2D eigenvalue weighted by atomic mass is 10.2. The summed E-state index contributed by atoms with van der Waals surface area (Å²) in [5.74, 6) is -0.519. The van der Waals surface area contributed by atoms with Crippen LogP contribution in [0.3, 0.4) is 0 Å². The molecule has 7 heteroatoms. The van der Waals surface area contributed by atoms with E-state index in [0.717, 1.165) is 22.0 Å². The van der Waals surface area contributed by atoms with Gasteiger partial charge in [0.2, 0.25) is 0 Å². The number of aromatic nitrogens is 3. The Bertz CT molecular complexity index is 704. The Morgan fingerprint density at radius 1 is 1.16 bits per heavy atom. The maximum atomic E-state index is 11.0. The van der Waals surface area contributed by atoms with Crippen LogP contribution >= 0.6 is 22.7 Å². The first-order valence-corrected chi connectivity index (χ1v) is 7.16. The number of amides is 1. The van der Waals surface area contributed by atoms with Crippen LogP contribution in [-0.2, 0) is 0 Å². The zero-order valence-corrected chi connectivity index (χ0v) is 11.2. The number of nitrogens with two attached hydrogens (primary N) is 1. The molecule has 0 aliphatic carbocycles. The third kappa shape index (κ3) is 2.38. The molecular weight excluding hydrogens is 280 g/mol. The summed E-state index contributed by atoms with van der Waals surface area (Å²) in [6, 6.07) is 3.79. The first-order chi connectivity index (χ1) is 9.24. The minimum Gasteiger partial charge on any atom is -0.364 e. The maximum Gasteiger partial charge on any atom is 0.268 e. The summed E-state index contributed by atoms with van der Waals surface area (Å²) < 4.78 is 0. The van der Waals surface area contributed by atoms with Gasteiger partial charge < -0.3 is 5.73 Å². The highest BCUT2D eigenvalue weighted by Gasteiger charge is 2.09. The molecule has 3 heterocycles. The summed E-state index contributed by atoms with van der Waals surface area (Å²) in [4.78, 5) is 23.7. The predicted molar refractivity (Wildman–Crippen MR) is 75.0 cm³/mol. The summed E-state index contributed by atoms with van der Waals surface area (Å²) in [5.41, 5.74) is 9.76. The summed E-state index contributed by atoms with van der Waals surface area (Å²) >= 11 is 2.90. The van der Waals surface area contributed by atoms with Gasteiger partial charge in [-0.15, -0.1) is 22.7 Å². The number of carbonyl (C=O) groups excluding carboxylic acids is 1. The summed E-state index contributed by atoms with van der Waals surface area (Å²) in [6.45, 7) is 0. The van der Waals surface area contributed by atoms with Crippen LogP contribution in [0.1, 0.15) is 10.5 Å². The highest BCUT2D eigenvalue weighted by molar-refractivity contribution is 7.13. The highest BCUT2D eigenvalue weighted by atomic mass is 32.1. The molecule has 19 heavy (non-hydrogen) atoms. The van der Waals surface area contributed by atoms with Crippen molar-refractivity contribution in [3.63, 3.8) is 0 Å². The van der Waals surface area contributed by atoms with Crippen LogP contribution in [0, 0.1) is 0 Å². The Morgan fingerprint density at radius 3 is 2.63 bits per heavy atom. The van der Waals surface area contributed by atoms with Crippen LogP contribution in [-0.4, -0.2) is 20.9 Å². The van der Waals surface area contributed by atoms with E-state index in [1.165, 1.54) is 22.7 Å². The van der Waals surface area contributed by atoms with Crippen molar-refractivity contribution in [1.82, 2.24) is 15.0 Å². The molecule has 0 saturated heterocycles. The average Bonchev–Trinajstić information content (AvgIpc) is 3.11. The lowest BCUT2D eigenvalue weighted by Gasteiger charge is -1.98. The van der Waals surface area contributed by atoms with Crippen LogP contribution in [0.5, 0.6) is 0 Å². The topological polar surface area (TPSA) is 81.8 Å². The van der Waals surface area contributed by atoms with Gasteiger partial charge in [0.05, 0.1) is 16.9 Å². The molecule has 0 aromatic carbocycles. The van der Waals surface area contributed by atoms with Crippen molar-refractivity contribution in [2.45, 2.75) is 0 Å². The fourth-order valence-electron chi connectivity index (χ4n) is 1.53. The number of rotatable bonds is 3. The van der Waals surface area contributed by atoms with Gasteiger partial charge in [0, 0.05) is 22.5 Å². The largest absolute Gasteiger partial charge is 0.364 e. The van der Waals surface area contributed by atoms with E-state index in [2.05, 4.69) is 15.0 Å². The van der Waals surface area contributed by atoms with Gasteiger partial charge in [0.15, 0.2) is 0 Å². The van der Waals surface area contributed by atoms with Crippen molar-refractivity contribution in [2.75, 3.05) is 0 Å². The Balaban J connectivity index is 1.91. The van der Waals surface area contributed by atoms with E-state index >= 15 is 0 Å². The number of hydrogen-bond acceptors (Lipinski definition) is 6. The van der Waals surface area contributed by atoms with Gasteiger partial charge in [0.1, 0.15) is 10.7 Å². The van der Waals surface area contributed by atoms with E-state index in [0.29, 0.717) is 0 Å². The Labute approximate surface area is 116 Å². The van der Waals surface area contributed by atoms with Gasteiger partial charge in [-0.3, -0.25) is 9.78 Å². The fraction of sp³-hybridized carbons (Fsp3) is 0. The van der Waals surface area contributed by atoms with Crippen LogP contribution in [0.25, 0.3) is 22.0 Å². The molecule has 3 aromatic heterocycles. The molecule has 3 rings (SSSR count). The van der Waals surface area contributed by atoms with Gasteiger partial charge in [-0.2, -0.15) is 0 Å². The van der Waals surface area contributed by atoms with Crippen molar-refractivity contribution >= 4 is 28.6 Å². The number of primary amides is 1. The highest BCUT2D eigenvalue weighted by Crippen LogP contribution is 2.25. The summed E-state index contributed by atoms with van der Waals surface area (Å²) in [5, 5.41) is 4.31. The van der Waals surface area contributed by atoms with Crippen molar-refractivity contribution in [3.8, 4) is 22.0 Å². The van der Waals surface area contributed by atoms with Gasteiger partial charge in [-0.05, 0) is 12.1 Å². The van der Waals surface area contributed by atoms with Crippen molar-refractivity contribution < 1.29 is 4.79 Å². The standard InChI is InChI=1S/C12H8N4OS2/c13-11(17)10-5-19-12(16-10)7-1-2-8(14-3-7)9-4-18-6-15-9/h1-6H,(H2,13,17). The lowest BCUT2D eigenvalue weighted by Crippen LogP contribution is -2.10. The molecule has 0 fully saturated rings. The fourth-order valence-corrected chi connectivity index (χ4v) is 2.88. The molecule has 3 aromatic rings. The van der Waals surface area contributed by atoms with Gasteiger partial charge in [-0.25, -0.2) is 9.97 Å². The van der Waals surface area contributed by atoms with Crippen LogP contribution < -0.4 is 5.73 Å². The third-order valence-corrected chi connectivity index (χ3v) is 3.94. The van der Waals surface area contributed by atoms with Crippen molar-refractivity contribution in [3.05, 3.63) is 40.3 Å². The molecule has 0 radical (unpaired) electrons. The molecule has 2 N–H and O–H groups in total. The maximum absolute atomic E-state index is 11.0. The van der Waals surface area contributed by atoms with E-state index in [1.54, 1.807) is 17.1 Å². The number of nitrogens with zero attached hydrogens (tertiary/aromatic N) is 3. The zero-order valence-electron chi connectivity index (χ0n) is 9.61. The van der Waals surface area contributed by atoms with E-state index in [9.17, 15) is 4.79 Å². The van der Waals surface area contributed by atoms with Crippen LogP contribution in [0.2, 0.25) is 0 Å². The predicted octanol–water partition coefficient (Wildman–Crippen LogP) is 2.43. The average molecular weight is 288 g/mol. The van der Waals surface area contributed by atoms with E-state index in [4.69, 9.17) is 5.73 Å². The summed E-state index contributed by atoms with van der Waals surface area (Å²) in [6.07, 6.45) is 1.72. The van der Waals surface area contributed by atoms with Gasteiger partial charge >= 0.3 is 0 Å². The van der Waals surface area contributed by atoms with E-state index in [-0.39, 0.29) is 5.69 Å². The molecule has 0 aliphatic rings. The molecule has 0 aliphatic heterocycles. The second-order valence-corrected chi connectivity index (χ2v) is 5.28. The minimum atomic E-state index is -0.519. The molecule has 1 amide bonds. The summed E-state index contributed by atoms with van der Waals surface area (Å²) in [7, 11) is 0. The van der Waals surface area contributed by atoms with Gasteiger partial charge in [0.25, 0.3) is 5.91 Å². The quantitative estimate of drug-likeness (QED) is 0.802. The smallest absolute Gasteiger partial charge is 0.268 e. The molecule has 0 bridgehead atoms. The number of hydrogen-bond donors (Lipinski definition) is 1. The zero-order chi connectivity index (χ0) is 13.2. The van der Waals surface area contributed by atoms with E-state index < -0.39 is 5.91 Å². The van der Waals surface area contributed by atoms with Crippen molar-refractivity contribution in [2.24, 2.45) is 5.73 Å². The second kappa shape index (κ2) is 4.87. The number of thiazole rings is 2. The minimum absolute atomic E-state index is 0.281. The lowest BCUT2D eigenvalue weighted by molar-refractivity contribution is 0.0996. The molecule has 0 atom stereocenters. The molecule has 5 nitrogen and oxygen atoms in total. The first-order valence-electron chi connectivity index (χ1n) is 5.34. The molecule has 0 unspecified atom stereocenters. The van der Waals surface area contributed by atoms with Crippen molar-refractivity contribution in [1.29, 1.82) is 0 Å². The van der Waals surface area contributed by atoms with Crippen LogP contribution in [0.15, 0.2) is 34.6 Å². The first kappa shape index (κ1) is 11.9. The van der Waals surface area contributed by atoms with E-state index in [1.807, 2.05) is 17.5 Å². The number of carbonyl (C=O) groups is 1. The van der Waals surface area contributed by atoms with Crippen LogP contribution in [0.4, 0.5) is 0 Å². The second-order valence-electron chi connectivity index (χ2n) is 3.71. The molecular formula is C12H8N4OS2. The third-order valence-electron chi connectivity index (χ3n) is 2.46. The molecule has 94 valence electrons. The Hall–Kier alpha value is -2.12. The molecule has 0 spiro atoms.